The van der Waals surface area contributed by atoms with Crippen molar-refractivity contribution in [3.63, 3.8) is 0 Å². The number of carbonyl (C=O) groups is 1. The third kappa shape index (κ3) is 3.22. The van der Waals surface area contributed by atoms with Gasteiger partial charge in [-0.2, -0.15) is 5.10 Å². The quantitative estimate of drug-likeness (QED) is 0.754. The van der Waals surface area contributed by atoms with Gasteiger partial charge in [0.05, 0.1) is 12.2 Å². The van der Waals surface area contributed by atoms with E-state index in [2.05, 4.69) is 18.9 Å². The lowest BCUT2D eigenvalue weighted by Crippen LogP contribution is -2.38. The molecule has 1 amide bonds. The van der Waals surface area contributed by atoms with Gasteiger partial charge >= 0.3 is 0 Å². The Balaban J connectivity index is 3.14. The van der Waals surface area contributed by atoms with Crippen molar-refractivity contribution in [2.24, 2.45) is 24.4 Å². The molecule has 0 aliphatic carbocycles. The van der Waals surface area contributed by atoms with Crippen molar-refractivity contribution in [2.45, 2.75) is 27.3 Å². The van der Waals surface area contributed by atoms with Crippen LogP contribution in [0.3, 0.4) is 0 Å². The Kier molecular flexibility index (Phi) is 4.72. The van der Waals surface area contributed by atoms with Crippen LogP contribution in [0.5, 0.6) is 0 Å². The molecule has 0 aromatic carbocycles. The minimum atomic E-state index is -0.350. The molecule has 0 aliphatic rings. The van der Waals surface area contributed by atoms with Gasteiger partial charge in [-0.25, -0.2) is 0 Å². The number of hydrogen-bond acceptors (Lipinski definition) is 4. The van der Waals surface area contributed by atoms with Crippen LogP contribution >= 0.6 is 0 Å². The monoisotopic (exact) mass is 253 g/mol. The fourth-order valence-electron chi connectivity index (χ4n) is 2.18. The van der Waals surface area contributed by atoms with Crippen LogP contribution in [0.2, 0.25) is 0 Å². The highest BCUT2D eigenvalue weighted by Crippen LogP contribution is 2.23. The predicted octanol–water partition coefficient (Wildman–Crippen LogP) is 0.135. The van der Waals surface area contributed by atoms with E-state index in [1.807, 2.05) is 18.9 Å². The van der Waals surface area contributed by atoms with Gasteiger partial charge in [0, 0.05) is 25.7 Å². The number of nitrogens with two attached hydrogens (primary N) is 2. The van der Waals surface area contributed by atoms with Crippen molar-refractivity contribution < 1.29 is 4.79 Å². The maximum atomic E-state index is 11.2. The lowest BCUT2D eigenvalue weighted by Gasteiger charge is -2.26. The second kappa shape index (κ2) is 5.86. The zero-order chi connectivity index (χ0) is 13.9. The summed E-state index contributed by atoms with van der Waals surface area (Å²) in [4.78, 5) is 13.2. The topological polar surface area (TPSA) is 90.2 Å². The summed E-state index contributed by atoms with van der Waals surface area (Å²) in [6, 6.07) is 0. The largest absolute Gasteiger partial charge is 0.368 e. The first kappa shape index (κ1) is 14.5. The molecule has 0 bridgehead atoms. The maximum absolute atomic E-state index is 11.2. The molecule has 0 radical (unpaired) electrons. The number of aromatic nitrogens is 2. The van der Waals surface area contributed by atoms with Gasteiger partial charge in [-0.05, 0) is 12.8 Å². The van der Waals surface area contributed by atoms with Crippen molar-refractivity contribution in [3.8, 4) is 0 Å². The van der Waals surface area contributed by atoms with Gasteiger partial charge < -0.3 is 16.4 Å². The molecule has 18 heavy (non-hydrogen) atoms. The van der Waals surface area contributed by atoms with E-state index in [1.54, 1.807) is 4.68 Å². The highest BCUT2D eigenvalue weighted by Gasteiger charge is 2.20. The van der Waals surface area contributed by atoms with Crippen LogP contribution in [0.1, 0.15) is 25.1 Å². The number of primary amides is 1. The molecule has 0 unspecified atom stereocenters. The molecule has 0 fully saturated rings. The van der Waals surface area contributed by atoms with E-state index in [0.717, 1.165) is 23.6 Å². The maximum Gasteiger partial charge on any atom is 0.236 e. The average molecular weight is 253 g/mol. The minimum absolute atomic E-state index is 0.185. The summed E-state index contributed by atoms with van der Waals surface area (Å²) in [7, 11) is 1.86. The Morgan fingerprint density at radius 1 is 1.50 bits per heavy atom. The van der Waals surface area contributed by atoms with Gasteiger partial charge in [-0.1, -0.05) is 13.8 Å². The van der Waals surface area contributed by atoms with E-state index in [0.29, 0.717) is 12.5 Å². The van der Waals surface area contributed by atoms with Crippen LogP contribution in [0.4, 0.5) is 5.82 Å². The van der Waals surface area contributed by atoms with Gasteiger partial charge in [0.1, 0.15) is 5.82 Å². The van der Waals surface area contributed by atoms with Gasteiger partial charge in [-0.15, -0.1) is 0 Å². The molecule has 6 heteroatoms. The van der Waals surface area contributed by atoms with Crippen LogP contribution in [0, 0.1) is 12.8 Å². The number of amides is 1. The summed E-state index contributed by atoms with van der Waals surface area (Å²) in [5, 5.41) is 4.36. The summed E-state index contributed by atoms with van der Waals surface area (Å²) in [6.45, 7) is 7.45. The van der Waals surface area contributed by atoms with E-state index in [-0.39, 0.29) is 12.5 Å². The van der Waals surface area contributed by atoms with E-state index < -0.39 is 0 Å². The van der Waals surface area contributed by atoms with Crippen LogP contribution in [-0.2, 0) is 18.4 Å². The van der Waals surface area contributed by atoms with Crippen molar-refractivity contribution in [3.05, 3.63) is 11.3 Å². The van der Waals surface area contributed by atoms with Gasteiger partial charge in [0.25, 0.3) is 0 Å². The molecule has 0 saturated heterocycles. The predicted molar refractivity (Wildman–Crippen MR) is 72.1 cm³/mol. The summed E-state index contributed by atoms with van der Waals surface area (Å²) < 4.78 is 1.77. The molecular weight excluding hydrogens is 230 g/mol. The first-order chi connectivity index (χ1) is 8.36. The first-order valence-corrected chi connectivity index (χ1v) is 6.12. The molecule has 0 saturated carbocycles. The Bertz CT molecular complexity index is 424. The summed E-state index contributed by atoms with van der Waals surface area (Å²) >= 11 is 0. The third-order valence-corrected chi connectivity index (χ3v) is 2.75. The molecule has 1 rings (SSSR count). The Morgan fingerprint density at radius 3 is 2.56 bits per heavy atom. The fraction of sp³-hybridized carbons (Fsp3) is 0.667. The number of carbonyl (C=O) groups excluding carboxylic acids is 1. The molecule has 0 aliphatic heterocycles. The molecule has 1 heterocycles. The van der Waals surface area contributed by atoms with Crippen molar-refractivity contribution in [2.75, 3.05) is 18.0 Å². The number of rotatable bonds is 6. The molecule has 6 nitrogen and oxygen atoms in total. The van der Waals surface area contributed by atoms with Gasteiger partial charge in [-0.3, -0.25) is 9.48 Å². The second-order valence-electron chi connectivity index (χ2n) is 4.96. The number of aryl methyl sites for hydroxylation is 2. The molecule has 0 spiro atoms. The summed E-state index contributed by atoms with van der Waals surface area (Å²) in [5.74, 6) is 0.963. The standard InChI is InChI=1S/C12H23N5O/c1-8(2)6-17(7-11(14)18)12-10(5-13)9(3)15-16(12)4/h8H,5-7,13H2,1-4H3,(H2,14,18). The summed E-state index contributed by atoms with van der Waals surface area (Å²) in [6.07, 6.45) is 0. The van der Waals surface area contributed by atoms with Crippen molar-refractivity contribution in [1.82, 2.24) is 9.78 Å². The SMILES string of the molecule is Cc1nn(C)c(N(CC(N)=O)CC(C)C)c1CN. The highest BCUT2D eigenvalue weighted by atomic mass is 16.1. The van der Waals surface area contributed by atoms with Crippen LogP contribution in [-0.4, -0.2) is 28.8 Å². The Labute approximate surface area is 108 Å². The number of hydrogen-bond donors (Lipinski definition) is 2. The van der Waals surface area contributed by atoms with Gasteiger partial charge in [0.2, 0.25) is 5.91 Å². The lowest BCUT2D eigenvalue weighted by molar-refractivity contribution is -0.116. The van der Waals surface area contributed by atoms with Crippen molar-refractivity contribution >= 4 is 11.7 Å². The van der Waals surface area contributed by atoms with Gasteiger partial charge in [0.15, 0.2) is 0 Å². The number of nitrogens with zero attached hydrogens (tertiary/aromatic N) is 3. The molecule has 4 N–H and O–H groups in total. The van der Waals surface area contributed by atoms with E-state index in [4.69, 9.17) is 11.5 Å². The third-order valence-electron chi connectivity index (χ3n) is 2.75. The number of anilines is 1. The highest BCUT2D eigenvalue weighted by molar-refractivity contribution is 5.79. The Hall–Kier alpha value is -1.56. The lowest BCUT2D eigenvalue weighted by atomic mass is 10.1. The van der Waals surface area contributed by atoms with Crippen LogP contribution < -0.4 is 16.4 Å². The summed E-state index contributed by atoms with van der Waals surface area (Å²) in [5.41, 5.74) is 12.9. The molecular formula is C12H23N5O. The molecule has 0 atom stereocenters. The van der Waals surface area contributed by atoms with Crippen molar-refractivity contribution in [1.29, 1.82) is 0 Å². The first-order valence-electron chi connectivity index (χ1n) is 6.12. The zero-order valence-corrected chi connectivity index (χ0v) is 11.6. The smallest absolute Gasteiger partial charge is 0.236 e. The second-order valence-corrected chi connectivity index (χ2v) is 4.96. The minimum Gasteiger partial charge on any atom is -0.368 e. The molecule has 1 aromatic rings. The van der Waals surface area contributed by atoms with E-state index in [9.17, 15) is 4.79 Å². The van der Waals surface area contributed by atoms with E-state index in [1.165, 1.54) is 0 Å². The normalized spacial score (nSPS) is 11.0. The van der Waals surface area contributed by atoms with Crippen LogP contribution in [0.25, 0.3) is 0 Å². The fourth-order valence-corrected chi connectivity index (χ4v) is 2.18. The molecule has 1 aromatic heterocycles. The Morgan fingerprint density at radius 2 is 2.11 bits per heavy atom. The zero-order valence-electron chi connectivity index (χ0n) is 11.6. The van der Waals surface area contributed by atoms with E-state index >= 15 is 0 Å². The molecule has 102 valence electrons. The average Bonchev–Trinajstić information content (AvgIpc) is 2.50. The van der Waals surface area contributed by atoms with Crippen LogP contribution in [0.15, 0.2) is 0 Å².